The lowest BCUT2D eigenvalue weighted by molar-refractivity contribution is -0.140. The van der Waals surface area contributed by atoms with Crippen LogP contribution < -0.4 is 0 Å². The standard InChI is InChI=1S/C6H6O6.C3H4N2/c7-4(8)1-3(6(11)12)2-5(9)10;1-2-5-3-4-1/h1H,2H2,(H,7,8)(H,9,10)(H,11,12);1-3H,(H,4,5). The Morgan fingerprint density at radius 3 is 2.12 bits per heavy atom. The first-order chi connectivity index (χ1) is 7.93. The predicted molar refractivity (Wildman–Crippen MR) is 54.2 cm³/mol. The molecule has 1 heterocycles. The van der Waals surface area contributed by atoms with Gasteiger partial charge < -0.3 is 20.3 Å². The number of rotatable bonds is 4. The minimum absolute atomic E-state index is 0.358. The Labute approximate surface area is 95.2 Å². The maximum Gasteiger partial charge on any atom is 0.332 e. The fraction of sp³-hybridized carbons (Fsp3) is 0.111. The van der Waals surface area contributed by atoms with Crippen molar-refractivity contribution in [3.05, 3.63) is 30.4 Å². The van der Waals surface area contributed by atoms with Gasteiger partial charge in [0.25, 0.3) is 0 Å². The summed E-state index contributed by atoms with van der Waals surface area (Å²) in [6, 6.07) is 0. The third-order valence-corrected chi connectivity index (χ3v) is 1.32. The molecule has 0 aliphatic rings. The zero-order valence-corrected chi connectivity index (χ0v) is 8.53. The van der Waals surface area contributed by atoms with Crippen molar-refractivity contribution < 1.29 is 29.7 Å². The predicted octanol–water partition coefficient (Wildman–Crippen LogP) is -0.0336. The highest BCUT2D eigenvalue weighted by Crippen LogP contribution is 2.00. The number of carboxylic acids is 3. The molecule has 1 aromatic heterocycles. The van der Waals surface area contributed by atoms with Crippen molar-refractivity contribution in [3.63, 3.8) is 0 Å². The molecule has 8 heteroatoms. The average Bonchev–Trinajstić information content (AvgIpc) is 2.72. The zero-order valence-electron chi connectivity index (χ0n) is 8.53. The van der Waals surface area contributed by atoms with Crippen molar-refractivity contribution in [1.82, 2.24) is 9.97 Å². The highest BCUT2D eigenvalue weighted by Gasteiger charge is 2.12. The van der Waals surface area contributed by atoms with Crippen LogP contribution in [0.25, 0.3) is 0 Å². The molecule has 0 unspecified atom stereocenters. The van der Waals surface area contributed by atoms with E-state index in [1.54, 1.807) is 18.7 Å². The van der Waals surface area contributed by atoms with E-state index in [-0.39, 0.29) is 0 Å². The van der Waals surface area contributed by atoms with Gasteiger partial charge in [0.2, 0.25) is 0 Å². The van der Waals surface area contributed by atoms with Gasteiger partial charge in [-0.25, -0.2) is 14.6 Å². The molecule has 4 N–H and O–H groups in total. The molecule has 0 atom stereocenters. The normalized spacial score (nSPS) is 10.0. The fourth-order valence-electron chi connectivity index (χ4n) is 0.716. The Balaban J connectivity index is 0.000000419. The lowest BCUT2D eigenvalue weighted by Gasteiger charge is -1.94. The minimum atomic E-state index is -1.54. The second-order valence-electron chi connectivity index (χ2n) is 2.64. The molecule has 0 aliphatic carbocycles. The monoisotopic (exact) mass is 242 g/mol. The molecule has 0 bridgehead atoms. The van der Waals surface area contributed by atoms with Crippen LogP contribution in [0.3, 0.4) is 0 Å². The van der Waals surface area contributed by atoms with E-state index in [0.717, 1.165) is 0 Å². The van der Waals surface area contributed by atoms with Gasteiger partial charge in [-0.05, 0) is 0 Å². The number of aromatic amines is 1. The molecule has 92 valence electrons. The number of hydrogen-bond donors (Lipinski definition) is 4. The fourth-order valence-corrected chi connectivity index (χ4v) is 0.716. The van der Waals surface area contributed by atoms with Gasteiger partial charge in [-0.15, -0.1) is 0 Å². The van der Waals surface area contributed by atoms with Crippen molar-refractivity contribution >= 4 is 17.9 Å². The summed E-state index contributed by atoms with van der Waals surface area (Å²) in [6.45, 7) is 0. The lowest BCUT2D eigenvalue weighted by atomic mass is 10.2. The molecule has 0 saturated carbocycles. The number of imidazole rings is 1. The molecule has 1 aromatic rings. The first-order valence-electron chi connectivity index (χ1n) is 4.24. The van der Waals surface area contributed by atoms with Crippen molar-refractivity contribution in [2.45, 2.75) is 6.42 Å². The first-order valence-corrected chi connectivity index (χ1v) is 4.24. The van der Waals surface area contributed by atoms with Gasteiger partial charge >= 0.3 is 17.9 Å². The summed E-state index contributed by atoms with van der Waals surface area (Å²) >= 11 is 0. The quantitative estimate of drug-likeness (QED) is 0.543. The molecule has 0 amide bonds. The number of H-pyrrole nitrogens is 1. The maximum atomic E-state index is 10.2. The van der Waals surface area contributed by atoms with E-state index in [1.807, 2.05) is 0 Å². The Bertz CT molecular complexity index is 392. The van der Waals surface area contributed by atoms with Gasteiger partial charge in [0, 0.05) is 18.5 Å². The van der Waals surface area contributed by atoms with Crippen molar-refractivity contribution in [1.29, 1.82) is 0 Å². The van der Waals surface area contributed by atoms with Gasteiger partial charge in [0.1, 0.15) is 0 Å². The molecule has 0 radical (unpaired) electrons. The number of hydrogen-bond acceptors (Lipinski definition) is 4. The van der Waals surface area contributed by atoms with Gasteiger partial charge in [0.15, 0.2) is 0 Å². The van der Waals surface area contributed by atoms with Crippen LogP contribution in [0.4, 0.5) is 0 Å². The molecular weight excluding hydrogens is 232 g/mol. The van der Waals surface area contributed by atoms with Gasteiger partial charge in [-0.3, -0.25) is 4.79 Å². The molecular formula is C9H10N2O6. The molecule has 0 spiro atoms. The summed E-state index contributed by atoms with van der Waals surface area (Å²) in [5, 5.41) is 24.5. The largest absolute Gasteiger partial charge is 0.481 e. The van der Waals surface area contributed by atoms with E-state index >= 15 is 0 Å². The zero-order chi connectivity index (χ0) is 13.3. The van der Waals surface area contributed by atoms with Crippen molar-refractivity contribution in [2.24, 2.45) is 0 Å². The van der Waals surface area contributed by atoms with Crippen molar-refractivity contribution in [3.8, 4) is 0 Å². The Morgan fingerprint density at radius 2 is 1.88 bits per heavy atom. The number of aliphatic carboxylic acids is 3. The van der Waals surface area contributed by atoms with E-state index in [2.05, 4.69) is 9.97 Å². The summed E-state index contributed by atoms with van der Waals surface area (Å²) in [5.74, 6) is -4.40. The second-order valence-corrected chi connectivity index (χ2v) is 2.64. The van der Waals surface area contributed by atoms with Crippen LogP contribution in [0.2, 0.25) is 0 Å². The first kappa shape index (κ1) is 14.4. The summed E-state index contributed by atoms with van der Waals surface area (Å²) in [5.41, 5.74) is -0.657. The van der Waals surface area contributed by atoms with Gasteiger partial charge in [-0.1, -0.05) is 0 Å². The van der Waals surface area contributed by atoms with E-state index in [4.69, 9.17) is 15.3 Å². The average molecular weight is 242 g/mol. The summed E-state index contributed by atoms with van der Waals surface area (Å²) < 4.78 is 0. The van der Waals surface area contributed by atoms with Crippen LogP contribution in [0, 0.1) is 0 Å². The summed E-state index contributed by atoms with van der Waals surface area (Å²) in [7, 11) is 0. The van der Waals surface area contributed by atoms with Gasteiger partial charge in [-0.2, -0.15) is 0 Å². The third-order valence-electron chi connectivity index (χ3n) is 1.32. The summed E-state index contributed by atoms with van der Waals surface area (Å²) in [6.07, 6.45) is 4.64. The molecule has 0 fully saturated rings. The number of nitrogens with one attached hydrogen (secondary N) is 1. The highest BCUT2D eigenvalue weighted by molar-refractivity contribution is 5.98. The van der Waals surface area contributed by atoms with Crippen molar-refractivity contribution in [2.75, 3.05) is 0 Å². The minimum Gasteiger partial charge on any atom is -0.481 e. The smallest absolute Gasteiger partial charge is 0.332 e. The van der Waals surface area contributed by atoms with Crippen LogP contribution in [-0.4, -0.2) is 43.2 Å². The number of aromatic nitrogens is 2. The molecule has 1 rings (SSSR count). The third kappa shape index (κ3) is 8.36. The van der Waals surface area contributed by atoms with Gasteiger partial charge in [0.05, 0.1) is 18.3 Å². The SMILES string of the molecule is O=C(O)C=C(CC(=O)O)C(=O)O.c1c[nH]cn1. The van der Waals surface area contributed by atoms with E-state index in [9.17, 15) is 14.4 Å². The second kappa shape index (κ2) is 7.63. The summed E-state index contributed by atoms with van der Waals surface area (Å²) in [4.78, 5) is 36.6. The Hall–Kier alpha value is -2.64. The van der Waals surface area contributed by atoms with E-state index in [0.29, 0.717) is 6.08 Å². The Kier molecular flexibility index (Phi) is 6.44. The van der Waals surface area contributed by atoms with Crippen LogP contribution in [0.1, 0.15) is 6.42 Å². The number of nitrogens with zero attached hydrogens (tertiary/aromatic N) is 1. The topological polar surface area (TPSA) is 141 Å². The molecule has 8 nitrogen and oxygen atoms in total. The highest BCUT2D eigenvalue weighted by atomic mass is 16.4. The molecule has 0 aromatic carbocycles. The molecule has 0 aliphatic heterocycles. The Morgan fingerprint density at radius 1 is 1.24 bits per heavy atom. The molecule has 0 saturated heterocycles. The number of carboxylic acid groups (broad SMARTS) is 3. The molecule has 17 heavy (non-hydrogen) atoms. The van der Waals surface area contributed by atoms with Crippen LogP contribution in [0.15, 0.2) is 30.4 Å². The van der Waals surface area contributed by atoms with E-state index < -0.39 is 29.9 Å². The van der Waals surface area contributed by atoms with Crippen LogP contribution in [-0.2, 0) is 14.4 Å². The maximum absolute atomic E-state index is 10.2. The number of carbonyl (C=O) groups is 3. The lowest BCUT2D eigenvalue weighted by Crippen LogP contribution is -2.08. The van der Waals surface area contributed by atoms with E-state index in [1.165, 1.54) is 0 Å². The van der Waals surface area contributed by atoms with Crippen LogP contribution >= 0.6 is 0 Å². The van der Waals surface area contributed by atoms with Crippen LogP contribution in [0.5, 0.6) is 0 Å².